The molecule has 0 bridgehead atoms. The van der Waals surface area contributed by atoms with Crippen LogP contribution in [0.15, 0.2) is 102 Å². The fourth-order valence-corrected chi connectivity index (χ4v) is 6.34. The van der Waals surface area contributed by atoms with Crippen LogP contribution in [-0.4, -0.2) is 44.3 Å². The molecule has 1 N–H and O–H groups in total. The number of hydrogen-bond donors (Lipinski definition) is 1. The quantitative estimate of drug-likeness (QED) is 0.191. The monoisotopic (exact) mass is 655 g/mol. The third-order valence-electron chi connectivity index (χ3n) is 6.97. The number of likely N-dealkylation sites (N-methyl/N-ethyl adjacent to an activating group) is 1. The molecule has 0 saturated heterocycles. The first-order valence-electron chi connectivity index (χ1n) is 13.9. The average Bonchev–Trinajstić information content (AvgIpc) is 3.00. The molecule has 0 aliphatic rings. The Morgan fingerprint density at radius 3 is 2.14 bits per heavy atom. The minimum Gasteiger partial charge on any atom is -0.355 e. The van der Waals surface area contributed by atoms with E-state index in [2.05, 4.69) is 5.32 Å². The van der Waals surface area contributed by atoms with Crippen molar-refractivity contribution >= 4 is 50.7 Å². The SMILES string of the molecule is CCNC(=O)C(Cc1ccccc1)N(Cc1ccc(F)cc1)C(=O)CN(c1ccc(Cl)c(Cl)c1)S(=O)(=O)c1ccc(C)cc1. The van der Waals surface area contributed by atoms with Gasteiger partial charge in [-0.25, -0.2) is 12.8 Å². The van der Waals surface area contributed by atoms with E-state index in [0.29, 0.717) is 12.1 Å². The molecule has 0 heterocycles. The van der Waals surface area contributed by atoms with Crippen molar-refractivity contribution in [3.63, 3.8) is 0 Å². The predicted molar refractivity (Wildman–Crippen MR) is 172 cm³/mol. The van der Waals surface area contributed by atoms with Gasteiger partial charge >= 0.3 is 0 Å². The van der Waals surface area contributed by atoms with Gasteiger partial charge < -0.3 is 10.2 Å². The average molecular weight is 657 g/mol. The van der Waals surface area contributed by atoms with E-state index in [9.17, 15) is 22.4 Å². The van der Waals surface area contributed by atoms with Crippen molar-refractivity contribution in [3.8, 4) is 0 Å². The summed E-state index contributed by atoms with van der Waals surface area (Å²) in [5.74, 6) is -1.51. The minimum atomic E-state index is -4.29. The van der Waals surface area contributed by atoms with Crippen molar-refractivity contribution in [3.05, 3.63) is 130 Å². The van der Waals surface area contributed by atoms with Crippen LogP contribution >= 0.6 is 23.2 Å². The Hall–Kier alpha value is -3.92. The van der Waals surface area contributed by atoms with E-state index in [-0.39, 0.29) is 33.6 Å². The van der Waals surface area contributed by atoms with Crippen molar-refractivity contribution in [2.75, 3.05) is 17.4 Å². The first kappa shape index (κ1) is 33.0. The number of aryl methyl sites for hydroxylation is 1. The molecule has 2 amide bonds. The Morgan fingerprint density at radius 1 is 0.864 bits per heavy atom. The number of nitrogens with zero attached hydrogens (tertiary/aromatic N) is 2. The normalized spacial score (nSPS) is 11.9. The Labute approximate surface area is 267 Å². The van der Waals surface area contributed by atoms with Gasteiger partial charge in [0.15, 0.2) is 0 Å². The van der Waals surface area contributed by atoms with Crippen LogP contribution in [0.3, 0.4) is 0 Å². The number of sulfonamides is 1. The van der Waals surface area contributed by atoms with Crippen LogP contribution in [-0.2, 0) is 32.6 Å². The second-order valence-corrected chi connectivity index (χ2v) is 12.8. The van der Waals surface area contributed by atoms with E-state index in [1.807, 2.05) is 37.3 Å². The van der Waals surface area contributed by atoms with Gasteiger partial charge in [-0.05, 0) is 67.4 Å². The number of benzene rings is 4. The van der Waals surface area contributed by atoms with Gasteiger partial charge in [0.2, 0.25) is 11.8 Å². The molecule has 0 saturated carbocycles. The van der Waals surface area contributed by atoms with E-state index >= 15 is 0 Å². The molecule has 7 nitrogen and oxygen atoms in total. The van der Waals surface area contributed by atoms with Crippen LogP contribution in [0.5, 0.6) is 0 Å². The molecule has 44 heavy (non-hydrogen) atoms. The number of nitrogens with one attached hydrogen (secondary N) is 1. The summed E-state index contributed by atoms with van der Waals surface area (Å²) in [5, 5.41) is 3.12. The fourth-order valence-electron chi connectivity index (χ4n) is 4.64. The van der Waals surface area contributed by atoms with Gasteiger partial charge in [0.25, 0.3) is 10.0 Å². The molecule has 230 valence electrons. The highest BCUT2D eigenvalue weighted by Crippen LogP contribution is 2.31. The first-order chi connectivity index (χ1) is 21.0. The standard InChI is InChI=1S/C33H32Cl2FN3O4S/c1-3-37-33(41)31(19-24-7-5-4-6-8-24)38(21-25-11-13-26(36)14-12-25)32(40)22-39(27-15-18-29(34)30(35)20-27)44(42,43)28-16-9-23(2)10-17-28/h4-18,20,31H,3,19,21-22H2,1-2H3,(H,37,41). The van der Waals surface area contributed by atoms with E-state index in [1.54, 1.807) is 19.1 Å². The molecule has 1 atom stereocenters. The number of halogens is 3. The zero-order valence-electron chi connectivity index (χ0n) is 24.2. The molecule has 0 aromatic heterocycles. The lowest BCUT2D eigenvalue weighted by Gasteiger charge is -2.34. The zero-order valence-corrected chi connectivity index (χ0v) is 26.5. The number of anilines is 1. The highest BCUT2D eigenvalue weighted by atomic mass is 35.5. The van der Waals surface area contributed by atoms with Gasteiger partial charge in [0, 0.05) is 19.5 Å². The van der Waals surface area contributed by atoms with Crippen LogP contribution in [0.4, 0.5) is 10.1 Å². The number of carbonyl (C=O) groups excluding carboxylic acids is 2. The van der Waals surface area contributed by atoms with Crippen molar-refractivity contribution in [1.82, 2.24) is 10.2 Å². The van der Waals surface area contributed by atoms with Gasteiger partial charge in [-0.1, -0.05) is 83.4 Å². The van der Waals surface area contributed by atoms with Crippen molar-refractivity contribution in [2.24, 2.45) is 0 Å². The maximum Gasteiger partial charge on any atom is 0.264 e. The van der Waals surface area contributed by atoms with Crippen LogP contribution in [0, 0.1) is 12.7 Å². The van der Waals surface area contributed by atoms with Crippen molar-refractivity contribution < 1.29 is 22.4 Å². The lowest BCUT2D eigenvalue weighted by Crippen LogP contribution is -2.53. The predicted octanol–water partition coefficient (Wildman–Crippen LogP) is 6.41. The summed E-state index contributed by atoms with van der Waals surface area (Å²) in [6.45, 7) is 3.19. The summed E-state index contributed by atoms with van der Waals surface area (Å²) in [6.07, 6.45) is 0.164. The van der Waals surface area contributed by atoms with Crippen LogP contribution in [0.25, 0.3) is 0 Å². The Morgan fingerprint density at radius 2 is 1.52 bits per heavy atom. The molecule has 1 unspecified atom stereocenters. The van der Waals surface area contributed by atoms with Crippen LogP contribution in [0.1, 0.15) is 23.6 Å². The number of carbonyl (C=O) groups is 2. The third kappa shape index (κ3) is 8.16. The van der Waals surface area contributed by atoms with Crippen LogP contribution < -0.4 is 9.62 Å². The molecule has 11 heteroatoms. The van der Waals surface area contributed by atoms with E-state index < -0.39 is 40.2 Å². The molecule has 0 spiro atoms. The fraction of sp³-hybridized carbons (Fsp3) is 0.212. The van der Waals surface area contributed by atoms with E-state index in [4.69, 9.17) is 23.2 Å². The van der Waals surface area contributed by atoms with Gasteiger partial charge in [-0.2, -0.15) is 0 Å². The summed E-state index contributed by atoms with van der Waals surface area (Å²) < 4.78 is 42.8. The smallest absolute Gasteiger partial charge is 0.264 e. The van der Waals surface area contributed by atoms with E-state index in [1.165, 1.54) is 59.5 Å². The maximum absolute atomic E-state index is 14.3. The van der Waals surface area contributed by atoms with Gasteiger partial charge in [0.1, 0.15) is 18.4 Å². The lowest BCUT2D eigenvalue weighted by molar-refractivity contribution is -0.140. The van der Waals surface area contributed by atoms with Crippen molar-refractivity contribution in [1.29, 1.82) is 0 Å². The summed E-state index contributed by atoms with van der Waals surface area (Å²) in [5.41, 5.74) is 2.34. The molecule has 0 aliphatic carbocycles. The minimum absolute atomic E-state index is 0.0309. The Kier molecular flexibility index (Phi) is 11.0. The second kappa shape index (κ2) is 14.7. The number of amides is 2. The topological polar surface area (TPSA) is 86.8 Å². The molecular formula is C33H32Cl2FN3O4S. The highest BCUT2D eigenvalue weighted by Gasteiger charge is 2.34. The van der Waals surface area contributed by atoms with Gasteiger partial charge in [-0.15, -0.1) is 0 Å². The van der Waals surface area contributed by atoms with Crippen molar-refractivity contribution in [2.45, 2.75) is 37.8 Å². The summed E-state index contributed by atoms with van der Waals surface area (Å²) in [7, 11) is -4.29. The second-order valence-electron chi connectivity index (χ2n) is 10.2. The Balaban J connectivity index is 1.81. The van der Waals surface area contributed by atoms with Gasteiger partial charge in [-0.3, -0.25) is 13.9 Å². The molecule has 4 aromatic carbocycles. The molecule has 0 radical (unpaired) electrons. The number of hydrogen-bond acceptors (Lipinski definition) is 4. The Bertz CT molecular complexity index is 1700. The maximum atomic E-state index is 14.3. The van der Waals surface area contributed by atoms with E-state index in [0.717, 1.165) is 15.4 Å². The number of rotatable bonds is 12. The lowest BCUT2D eigenvalue weighted by atomic mass is 10.0. The third-order valence-corrected chi connectivity index (χ3v) is 9.49. The highest BCUT2D eigenvalue weighted by molar-refractivity contribution is 7.92. The van der Waals surface area contributed by atoms with Gasteiger partial charge in [0.05, 0.1) is 20.6 Å². The summed E-state index contributed by atoms with van der Waals surface area (Å²) in [6, 6.07) is 24.3. The zero-order chi connectivity index (χ0) is 31.9. The molecule has 0 aliphatic heterocycles. The largest absolute Gasteiger partial charge is 0.355 e. The summed E-state index contributed by atoms with van der Waals surface area (Å²) in [4.78, 5) is 29.1. The van der Waals surface area contributed by atoms with Crippen LogP contribution in [0.2, 0.25) is 10.0 Å². The first-order valence-corrected chi connectivity index (χ1v) is 16.1. The molecular weight excluding hydrogens is 624 g/mol. The molecule has 4 aromatic rings. The molecule has 4 rings (SSSR count). The molecule has 0 fully saturated rings. The summed E-state index contributed by atoms with van der Waals surface area (Å²) >= 11 is 12.4.